The molecule has 2 heterocycles. The van der Waals surface area contributed by atoms with E-state index in [1.165, 1.54) is 6.20 Å². The Labute approximate surface area is 93.6 Å². The molecular weight excluding hydrogens is 200 g/mol. The summed E-state index contributed by atoms with van der Waals surface area (Å²) in [6, 6.07) is 7.81. The maximum Gasteiger partial charge on any atom is 0.158 e. The van der Waals surface area contributed by atoms with Crippen LogP contribution in [0.4, 0.5) is 0 Å². The topological polar surface area (TPSA) is 62.5 Å². The molecule has 0 amide bonds. The molecule has 78 valence electrons. The quantitative estimate of drug-likeness (QED) is 0.756. The second kappa shape index (κ2) is 4.49. The van der Waals surface area contributed by atoms with Crippen LogP contribution in [0.15, 0.2) is 30.6 Å². The van der Waals surface area contributed by atoms with Gasteiger partial charge in [0.1, 0.15) is 6.07 Å². The summed E-state index contributed by atoms with van der Waals surface area (Å²) in [5.74, 6) is 0. The molecule has 0 aliphatic heterocycles. The van der Waals surface area contributed by atoms with Crippen molar-refractivity contribution in [2.45, 2.75) is 13.3 Å². The summed E-state index contributed by atoms with van der Waals surface area (Å²) in [4.78, 5) is 12.5. The Morgan fingerprint density at radius 2 is 2.06 bits per heavy atom. The molecule has 0 radical (unpaired) electrons. The van der Waals surface area contributed by atoms with Crippen LogP contribution in [0.25, 0.3) is 0 Å². The predicted molar refractivity (Wildman–Crippen MR) is 58.5 cm³/mol. The molecule has 4 nitrogen and oxygen atoms in total. The molecule has 0 unspecified atom stereocenters. The molecule has 0 aromatic carbocycles. The van der Waals surface area contributed by atoms with E-state index in [0.717, 1.165) is 17.1 Å². The van der Waals surface area contributed by atoms with Crippen LogP contribution < -0.4 is 0 Å². The zero-order valence-corrected chi connectivity index (χ0v) is 8.88. The fraction of sp³-hybridized carbons (Fsp3) is 0.167. The third kappa shape index (κ3) is 2.39. The van der Waals surface area contributed by atoms with Gasteiger partial charge in [-0.1, -0.05) is 6.07 Å². The minimum absolute atomic E-state index is 0.334. The molecule has 0 saturated carbocycles. The van der Waals surface area contributed by atoms with Crippen LogP contribution in [0.2, 0.25) is 0 Å². The van der Waals surface area contributed by atoms with Gasteiger partial charge in [-0.3, -0.25) is 9.97 Å². The Bertz CT molecular complexity index is 525. The van der Waals surface area contributed by atoms with Crippen molar-refractivity contribution in [2.24, 2.45) is 0 Å². The van der Waals surface area contributed by atoms with Gasteiger partial charge in [-0.25, -0.2) is 4.98 Å². The first-order valence-corrected chi connectivity index (χ1v) is 4.91. The number of nitrogens with zero attached hydrogens (tertiary/aromatic N) is 4. The number of hydrogen-bond acceptors (Lipinski definition) is 4. The molecule has 0 bridgehead atoms. The predicted octanol–water partition coefficient (Wildman–Crippen LogP) is 1.64. The highest BCUT2D eigenvalue weighted by atomic mass is 14.8. The second-order valence-corrected chi connectivity index (χ2v) is 3.45. The van der Waals surface area contributed by atoms with E-state index in [4.69, 9.17) is 5.26 Å². The van der Waals surface area contributed by atoms with E-state index in [2.05, 4.69) is 15.0 Å². The summed E-state index contributed by atoms with van der Waals surface area (Å²) in [6.07, 6.45) is 3.73. The summed E-state index contributed by atoms with van der Waals surface area (Å²) in [5, 5.41) is 8.59. The van der Waals surface area contributed by atoms with Gasteiger partial charge in [0.2, 0.25) is 0 Å². The van der Waals surface area contributed by atoms with E-state index in [1.54, 1.807) is 6.20 Å². The lowest BCUT2D eigenvalue weighted by Gasteiger charge is -2.00. The molecule has 0 aliphatic rings. The summed E-state index contributed by atoms with van der Waals surface area (Å²) < 4.78 is 0. The van der Waals surface area contributed by atoms with Crippen molar-refractivity contribution in [2.75, 3.05) is 0 Å². The van der Waals surface area contributed by atoms with E-state index in [0.29, 0.717) is 12.1 Å². The number of nitriles is 1. The maximum atomic E-state index is 8.59. The van der Waals surface area contributed by atoms with Crippen molar-refractivity contribution in [1.29, 1.82) is 5.26 Å². The molecule has 16 heavy (non-hydrogen) atoms. The molecule has 0 fully saturated rings. The Morgan fingerprint density at radius 3 is 2.69 bits per heavy atom. The number of hydrogen-bond donors (Lipinski definition) is 0. The van der Waals surface area contributed by atoms with Gasteiger partial charge >= 0.3 is 0 Å². The number of aromatic nitrogens is 3. The molecule has 0 atom stereocenters. The summed E-state index contributed by atoms with van der Waals surface area (Å²) in [6.45, 7) is 1.95. The van der Waals surface area contributed by atoms with Crippen molar-refractivity contribution >= 4 is 0 Å². The van der Waals surface area contributed by atoms with Crippen molar-refractivity contribution < 1.29 is 0 Å². The average Bonchev–Trinajstić information content (AvgIpc) is 2.30. The Balaban J connectivity index is 2.18. The lowest BCUT2D eigenvalue weighted by atomic mass is 10.2. The number of rotatable bonds is 2. The third-order valence-electron chi connectivity index (χ3n) is 2.13. The largest absolute Gasteiger partial charge is 0.258 e. The molecule has 0 spiro atoms. The maximum absolute atomic E-state index is 8.59. The fourth-order valence-corrected chi connectivity index (χ4v) is 1.39. The first kappa shape index (κ1) is 10.2. The van der Waals surface area contributed by atoms with Gasteiger partial charge in [0, 0.05) is 17.8 Å². The zero-order valence-electron chi connectivity index (χ0n) is 8.88. The highest BCUT2D eigenvalue weighted by molar-refractivity contribution is 5.19. The molecule has 0 saturated heterocycles. The van der Waals surface area contributed by atoms with Crippen LogP contribution in [0.5, 0.6) is 0 Å². The van der Waals surface area contributed by atoms with Crippen molar-refractivity contribution in [3.8, 4) is 6.07 Å². The van der Waals surface area contributed by atoms with Crippen molar-refractivity contribution in [3.05, 3.63) is 53.4 Å². The van der Waals surface area contributed by atoms with E-state index < -0.39 is 0 Å². The monoisotopic (exact) mass is 210 g/mol. The molecule has 0 aliphatic carbocycles. The SMILES string of the molecule is Cc1cccc(Cc2cnc(C#N)cn2)n1. The van der Waals surface area contributed by atoms with Crippen LogP contribution in [0.3, 0.4) is 0 Å². The normalized spacial score (nSPS) is 9.75. The van der Waals surface area contributed by atoms with Crippen LogP contribution >= 0.6 is 0 Å². The fourth-order valence-electron chi connectivity index (χ4n) is 1.39. The minimum atomic E-state index is 0.334. The standard InChI is InChI=1S/C12H10N4/c1-9-3-2-4-10(16-9)5-11-7-15-12(6-13)8-14-11/h2-4,7-8H,5H2,1H3. The smallest absolute Gasteiger partial charge is 0.158 e. The molecule has 0 N–H and O–H groups in total. The van der Waals surface area contributed by atoms with Gasteiger partial charge in [-0.15, -0.1) is 0 Å². The summed E-state index contributed by atoms with van der Waals surface area (Å²) in [7, 11) is 0. The van der Waals surface area contributed by atoms with Gasteiger partial charge < -0.3 is 0 Å². The average molecular weight is 210 g/mol. The third-order valence-corrected chi connectivity index (χ3v) is 2.13. The molecule has 2 aromatic rings. The van der Waals surface area contributed by atoms with Crippen LogP contribution in [-0.2, 0) is 6.42 Å². The highest BCUT2D eigenvalue weighted by Crippen LogP contribution is 2.04. The molecule has 4 heteroatoms. The Hall–Kier alpha value is -2.28. The van der Waals surface area contributed by atoms with E-state index in [-0.39, 0.29) is 0 Å². The van der Waals surface area contributed by atoms with Gasteiger partial charge in [-0.05, 0) is 19.1 Å². The Morgan fingerprint density at radius 1 is 1.19 bits per heavy atom. The lowest BCUT2D eigenvalue weighted by Crippen LogP contribution is -1.97. The Kier molecular flexibility index (Phi) is 2.88. The van der Waals surface area contributed by atoms with Crippen LogP contribution in [0.1, 0.15) is 22.8 Å². The second-order valence-electron chi connectivity index (χ2n) is 3.45. The van der Waals surface area contributed by atoms with E-state index in [1.807, 2.05) is 31.2 Å². The summed E-state index contributed by atoms with van der Waals surface area (Å²) in [5.41, 5.74) is 3.09. The van der Waals surface area contributed by atoms with Gasteiger partial charge in [0.15, 0.2) is 5.69 Å². The number of pyridine rings is 1. The lowest BCUT2D eigenvalue weighted by molar-refractivity contribution is 0.966. The first-order valence-electron chi connectivity index (χ1n) is 4.91. The van der Waals surface area contributed by atoms with Crippen LogP contribution in [-0.4, -0.2) is 15.0 Å². The van der Waals surface area contributed by atoms with Crippen molar-refractivity contribution in [1.82, 2.24) is 15.0 Å². The van der Waals surface area contributed by atoms with Crippen molar-refractivity contribution in [3.63, 3.8) is 0 Å². The molecule has 2 rings (SSSR count). The number of aryl methyl sites for hydroxylation is 1. The molecular formula is C12H10N4. The van der Waals surface area contributed by atoms with Gasteiger partial charge in [-0.2, -0.15) is 5.26 Å². The first-order chi connectivity index (χ1) is 7.78. The van der Waals surface area contributed by atoms with Crippen LogP contribution in [0, 0.1) is 18.3 Å². The van der Waals surface area contributed by atoms with E-state index >= 15 is 0 Å². The van der Waals surface area contributed by atoms with Gasteiger partial charge in [0.05, 0.1) is 18.1 Å². The van der Waals surface area contributed by atoms with E-state index in [9.17, 15) is 0 Å². The summed E-state index contributed by atoms with van der Waals surface area (Å²) >= 11 is 0. The molecule has 2 aromatic heterocycles. The minimum Gasteiger partial charge on any atom is -0.258 e. The highest BCUT2D eigenvalue weighted by Gasteiger charge is 2.00. The zero-order chi connectivity index (χ0) is 11.4. The van der Waals surface area contributed by atoms with Gasteiger partial charge in [0.25, 0.3) is 0 Å².